The van der Waals surface area contributed by atoms with E-state index in [1.54, 1.807) is 17.9 Å². The zero-order valence-electron chi connectivity index (χ0n) is 17.1. The van der Waals surface area contributed by atoms with Crippen LogP contribution < -0.4 is 5.32 Å². The van der Waals surface area contributed by atoms with Crippen molar-refractivity contribution in [3.8, 4) is 0 Å². The Bertz CT molecular complexity index is 926. The van der Waals surface area contributed by atoms with Crippen molar-refractivity contribution in [1.82, 2.24) is 4.90 Å². The van der Waals surface area contributed by atoms with Gasteiger partial charge in [0.2, 0.25) is 5.91 Å². The number of thiophene rings is 1. The lowest BCUT2D eigenvalue weighted by Gasteiger charge is -2.32. The Morgan fingerprint density at radius 1 is 1.23 bits per heavy atom. The van der Waals surface area contributed by atoms with Gasteiger partial charge in [-0.2, -0.15) is 0 Å². The molecule has 0 aliphatic carbocycles. The lowest BCUT2D eigenvalue weighted by molar-refractivity contribution is -0.121. The van der Waals surface area contributed by atoms with Gasteiger partial charge in [-0.15, -0.1) is 11.3 Å². The Kier molecular flexibility index (Phi) is 7.20. The Labute approximate surface area is 179 Å². The van der Waals surface area contributed by atoms with Crippen molar-refractivity contribution < 1.29 is 23.5 Å². The van der Waals surface area contributed by atoms with Gasteiger partial charge in [0, 0.05) is 23.5 Å². The molecule has 3 rings (SSSR count). The van der Waals surface area contributed by atoms with Gasteiger partial charge in [-0.1, -0.05) is 6.92 Å². The maximum Gasteiger partial charge on any atom is 0.341 e. The van der Waals surface area contributed by atoms with Crippen molar-refractivity contribution in [2.24, 2.45) is 5.92 Å². The molecule has 30 heavy (non-hydrogen) atoms. The summed E-state index contributed by atoms with van der Waals surface area (Å²) in [5.74, 6) is -1.68. The van der Waals surface area contributed by atoms with Crippen molar-refractivity contribution in [3.05, 3.63) is 52.2 Å². The molecule has 1 atom stereocenters. The fraction of sp³-hybridized carbons (Fsp3) is 0.409. The van der Waals surface area contributed by atoms with E-state index in [4.69, 9.17) is 4.74 Å². The molecule has 1 aromatic carbocycles. The highest BCUT2D eigenvalue weighted by atomic mass is 32.1. The number of esters is 1. The first-order valence-corrected chi connectivity index (χ1v) is 10.9. The van der Waals surface area contributed by atoms with Crippen molar-refractivity contribution >= 4 is 34.1 Å². The summed E-state index contributed by atoms with van der Waals surface area (Å²) >= 11 is 1.36. The third-order valence-corrected chi connectivity index (χ3v) is 6.23. The molecule has 6 nitrogen and oxygen atoms in total. The third-order valence-electron chi connectivity index (χ3n) is 5.03. The highest BCUT2D eigenvalue weighted by molar-refractivity contribution is 7.16. The Morgan fingerprint density at radius 2 is 1.97 bits per heavy atom. The molecule has 160 valence electrons. The maximum absolute atomic E-state index is 13.1. The van der Waals surface area contributed by atoms with Gasteiger partial charge >= 0.3 is 5.97 Å². The van der Waals surface area contributed by atoms with Gasteiger partial charge in [0.05, 0.1) is 18.1 Å². The van der Waals surface area contributed by atoms with Gasteiger partial charge in [0.25, 0.3) is 5.91 Å². The average Bonchev–Trinajstić information content (AvgIpc) is 3.17. The molecule has 0 unspecified atom stereocenters. The summed E-state index contributed by atoms with van der Waals surface area (Å²) in [7, 11) is 0. The van der Waals surface area contributed by atoms with Crippen LogP contribution in [0.3, 0.4) is 0 Å². The summed E-state index contributed by atoms with van der Waals surface area (Å²) < 4.78 is 18.2. The van der Waals surface area contributed by atoms with Crippen LogP contribution in [0.2, 0.25) is 0 Å². The van der Waals surface area contributed by atoms with E-state index in [1.165, 1.54) is 35.6 Å². The Hall–Kier alpha value is -2.74. The monoisotopic (exact) mass is 432 g/mol. The minimum atomic E-state index is -0.458. The molecule has 8 heteroatoms. The third kappa shape index (κ3) is 5.05. The highest BCUT2D eigenvalue weighted by Gasteiger charge is 2.30. The molecule has 1 aromatic heterocycles. The second kappa shape index (κ2) is 9.84. The smallest absolute Gasteiger partial charge is 0.341 e. The summed E-state index contributed by atoms with van der Waals surface area (Å²) in [6.45, 7) is 4.80. The summed E-state index contributed by atoms with van der Waals surface area (Å²) in [4.78, 5) is 40.4. The van der Waals surface area contributed by atoms with Crippen LogP contribution in [0.15, 0.2) is 30.3 Å². The predicted molar refractivity (Wildman–Crippen MR) is 113 cm³/mol. The quantitative estimate of drug-likeness (QED) is 0.697. The number of nitrogens with zero attached hydrogens (tertiary/aromatic N) is 1. The number of likely N-dealkylation sites (tertiary alicyclic amines) is 1. The van der Waals surface area contributed by atoms with Crippen LogP contribution in [0.4, 0.5) is 9.39 Å². The zero-order valence-corrected chi connectivity index (χ0v) is 17.9. The fourth-order valence-corrected chi connectivity index (χ4v) is 4.42. The van der Waals surface area contributed by atoms with E-state index < -0.39 is 11.8 Å². The molecule has 2 heterocycles. The SMILES string of the molecule is CCOC(=O)c1cc(CC)sc1NC(=O)[C@H]1CCCN(C(=O)c2ccc(F)cc2)C1. The molecular weight excluding hydrogens is 407 g/mol. The number of anilines is 1. The number of hydrogen-bond acceptors (Lipinski definition) is 5. The van der Waals surface area contributed by atoms with Gasteiger partial charge in [-0.05, 0) is 56.5 Å². The van der Waals surface area contributed by atoms with Crippen LogP contribution in [0.25, 0.3) is 0 Å². The molecule has 0 spiro atoms. The standard InChI is InChI=1S/C22H25FN2O4S/c1-3-17-12-18(22(28)29-4-2)20(30-17)24-19(26)15-6-5-11-25(13-15)21(27)14-7-9-16(23)10-8-14/h7-10,12,15H,3-6,11,13H2,1-2H3,(H,24,26)/t15-/m0/s1. The first-order chi connectivity index (χ1) is 14.4. The highest BCUT2D eigenvalue weighted by Crippen LogP contribution is 2.30. The summed E-state index contributed by atoms with van der Waals surface area (Å²) in [5, 5.41) is 3.36. The number of piperidine rings is 1. The molecule has 1 fully saturated rings. The number of nitrogens with one attached hydrogen (secondary N) is 1. The molecule has 2 aromatic rings. The second-order valence-corrected chi connectivity index (χ2v) is 8.25. The number of benzene rings is 1. The van der Waals surface area contributed by atoms with Crippen LogP contribution >= 0.6 is 11.3 Å². The minimum Gasteiger partial charge on any atom is -0.462 e. The first kappa shape index (κ1) is 22.0. The number of carbonyl (C=O) groups is 3. The van der Waals surface area contributed by atoms with Crippen molar-refractivity contribution in [3.63, 3.8) is 0 Å². The van der Waals surface area contributed by atoms with Crippen molar-refractivity contribution in [1.29, 1.82) is 0 Å². The second-order valence-electron chi connectivity index (χ2n) is 7.12. The van der Waals surface area contributed by atoms with Gasteiger partial charge in [-0.3, -0.25) is 9.59 Å². The first-order valence-electron chi connectivity index (χ1n) is 10.1. The maximum atomic E-state index is 13.1. The fourth-order valence-electron chi connectivity index (χ4n) is 3.43. The van der Waals surface area contributed by atoms with E-state index in [2.05, 4.69) is 5.32 Å². The lowest BCUT2D eigenvalue weighted by atomic mass is 9.96. The minimum absolute atomic E-state index is 0.218. The molecule has 1 aliphatic heterocycles. The van der Waals surface area contributed by atoms with E-state index in [0.29, 0.717) is 35.5 Å². The van der Waals surface area contributed by atoms with Crippen LogP contribution in [0.5, 0.6) is 0 Å². The van der Waals surface area contributed by atoms with Crippen LogP contribution in [-0.4, -0.2) is 42.4 Å². The predicted octanol–water partition coefficient (Wildman–Crippen LogP) is 4.12. The van der Waals surface area contributed by atoms with Gasteiger partial charge in [-0.25, -0.2) is 9.18 Å². The number of amides is 2. The summed E-state index contributed by atoms with van der Waals surface area (Å²) in [5.41, 5.74) is 0.759. The number of carbonyl (C=O) groups excluding carboxylic acids is 3. The van der Waals surface area contributed by atoms with E-state index >= 15 is 0 Å². The van der Waals surface area contributed by atoms with Gasteiger partial charge in [0.15, 0.2) is 0 Å². The van der Waals surface area contributed by atoms with Crippen LogP contribution in [0.1, 0.15) is 52.3 Å². The van der Waals surface area contributed by atoms with Crippen LogP contribution in [0, 0.1) is 11.7 Å². The van der Waals surface area contributed by atoms with E-state index in [-0.39, 0.29) is 30.9 Å². The van der Waals surface area contributed by atoms with Gasteiger partial charge in [0.1, 0.15) is 10.8 Å². The van der Waals surface area contributed by atoms with Crippen molar-refractivity contribution in [2.75, 3.05) is 25.0 Å². The molecule has 0 saturated carbocycles. The Balaban J connectivity index is 1.70. The molecule has 1 saturated heterocycles. The number of rotatable bonds is 6. The van der Waals surface area contributed by atoms with E-state index in [0.717, 1.165) is 11.3 Å². The van der Waals surface area contributed by atoms with Gasteiger partial charge < -0.3 is 15.0 Å². The zero-order chi connectivity index (χ0) is 21.7. The number of halogens is 1. The molecule has 0 radical (unpaired) electrons. The number of hydrogen-bond donors (Lipinski definition) is 1. The van der Waals surface area contributed by atoms with Crippen LogP contribution in [-0.2, 0) is 16.0 Å². The molecule has 1 N–H and O–H groups in total. The number of ether oxygens (including phenoxy) is 1. The average molecular weight is 433 g/mol. The lowest BCUT2D eigenvalue weighted by Crippen LogP contribution is -2.43. The Morgan fingerprint density at radius 3 is 2.63 bits per heavy atom. The topological polar surface area (TPSA) is 75.7 Å². The normalized spacial score (nSPS) is 16.2. The summed E-state index contributed by atoms with van der Waals surface area (Å²) in [6, 6.07) is 7.15. The molecular formula is C22H25FN2O4S. The van der Waals surface area contributed by atoms with Crippen molar-refractivity contribution in [2.45, 2.75) is 33.1 Å². The van der Waals surface area contributed by atoms with E-state index in [9.17, 15) is 18.8 Å². The summed E-state index contributed by atoms with van der Waals surface area (Å²) in [6.07, 6.45) is 2.09. The van der Waals surface area contributed by atoms with E-state index in [1.807, 2.05) is 6.92 Å². The largest absolute Gasteiger partial charge is 0.462 e. The molecule has 0 bridgehead atoms. The molecule has 2 amide bonds. The molecule has 1 aliphatic rings. The number of aryl methyl sites for hydroxylation is 1.